The molecule has 2 amide bonds. The number of amides is 2. The minimum Gasteiger partial charge on any atom is -0.464 e. The summed E-state index contributed by atoms with van der Waals surface area (Å²) in [6.07, 6.45) is 4.52. The Hall–Kier alpha value is -4.96. The molecule has 4 aromatic rings. The van der Waals surface area contributed by atoms with Crippen LogP contribution < -0.4 is 16.1 Å². The Morgan fingerprint density at radius 3 is 2.25 bits per heavy atom. The number of nitrogens with one attached hydrogen (secondary N) is 2. The van der Waals surface area contributed by atoms with E-state index < -0.39 is 17.5 Å². The number of nitrogens with zero attached hydrogens (tertiary/aromatic N) is 1. The Morgan fingerprint density at radius 1 is 0.942 bits per heavy atom. The molecule has 11 heteroatoms. The SMILES string of the molecule is COC(=O)c1c(Cc2ccc(C(=O)NC3C4CC5CC3CC(NC(=O)C(C)(C)OC(C)=O)(C5)C4)cc2)c(=O)c2ccc(Cl)cc2n1-c1ccccc1. The van der Waals surface area contributed by atoms with Crippen LogP contribution in [0, 0.1) is 17.8 Å². The van der Waals surface area contributed by atoms with Crippen LogP contribution >= 0.6 is 11.6 Å². The van der Waals surface area contributed by atoms with E-state index in [9.17, 15) is 24.0 Å². The number of carbonyl (C=O) groups is 4. The summed E-state index contributed by atoms with van der Waals surface area (Å²) in [5.41, 5.74) is 0.849. The number of ether oxygens (including phenoxy) is 2. The third-order valence-electron chi connectivity index (χ3n) is 11.1. The van der Waals surface area contributed by atoms with E-state index in [1.54, 1.807) is 60.9 Å². The van der Waals surface area contributed by atoms with E-state index in [4.69, 9.17) is 21.1 Å². The van der Waals surface area contributed by atoms with E-state index in [1.807, 2.05) is 30.3 Å². The summed E-state index contributed by atoms with van der Waals surface area (Å²) in [5, 5.41) is 7.42. The van der Waals surface area contributed by atoms with E-state index in [2.05, 4.69) is 10.6 Å². The lowest BCUT2D eigenvalue weighted by molar-refractivity contribution is -0.165. The average Bonchev–Trinajstić information content (AvgIpc) is 3.10. The van der Waals surface area contributed by atoms with Gasteiger partial charge in [-0.1, -0.05) is 41.9 Å². The standard InChI is InChI=1S/C41H42ClN3O7/c1-23(46)52-40(2,3)39(50)44-41-20-25-16-27(21-41)34(28(17-25)22-41)43-37(48)26-12-10-24(11-13-26)18-32-35(38(49)51-4)45(30-8-6-5-7-9-30)33-19-29(42)14-15-31(33)36(32)47/h5-15,19,25,27-28,34H,16-18,20-22H2,1-4H3,(H,43,48)(H,44,50). The molecule has 0 spiro atoms. The monoisotopic (exact) mass is 723 g/mol. The van der Waals surface area contributed by atoms with Crippen LogP contribution in [-0.4, -0.2) is 52.6 Å². The minimum atomic E-state index is -1.27. The Morgan fingerprint density at radius 2 is 1.62 bits per heavy atom. The Bertz CT molecular complexity index is 2130. The lowest BCUT2D eigenvalue weighted by atomic mass is 9.51. The number of methoxy groups -OCH3 is 1. The van der Waals surface area contributed by atoms with Gasteiger partial charge in [0, 0.05) is 52.1 Å². The molecule has 3 aromatic carbocycles. The second-order valence-corrected chi connectivity index (χ2v) is 15.6. The highest BCUT2D eigenvalue weighted by Gasteiger charge is 2.57. The largest absolute Gasteiger partial charge is 0.464 e. The average molecular weight is 724 g/mol. The number of para-hydroxylation sites is 1. The molecule has 2 N–H and O–H groups in total. The van der Waals surface area contributed by atoms with E-state index >= 15 is 0 Å². The maximum Gasteiger partial charge on any atom is 0.355 e. The second-order valence-electron chi connectivity index (χ2n) is 15.2. The predicted molar refractivity (Wildman–Crippen MR) is 197 cm³/mol. The van der Waals surface area contributed by atoms with Gasteiger partial charge in [0.2, 0.25) is 0 Å². The molecule has 0 radical (unpaired) electrons. The predicted octanol–water partition coefficient (Wildman–Crippen LogP) is 6.16. The lowest BCUT2D eigenvalue weighted by Crippen LogP contribution is -2.68. The van der Waals surface area contributed by atoms with Crippen molar-refractivity contribution in [2.24, 2.45) is 17.8 Å². The van der Waals surface area contributed by atoms with Gasteiger partial charge in [-0.15, -0.1) is 0 Å². The molecule has 4 fully saturated rings. The van der Waals surface area contributed by atoms with Crippen LogP contribution in [0.1, 0.15) is 84.8 Å². The smallest absolute Gasteiger partial charge is 0.355 e. The fraction of sp³-hybridized carbons (Fsp3) is 0.390. The van der Waals surface area contributed by atoms with Crippen molar-refractivity contribution in [1.82, 2.24) is 15.2 Å². The lowest BCUT2D eigenvalue weighted by Gasteiger charge is -2.60. The summed E-state index contributed by atoms with van der Waals surface area (Å²) in [6.45, 7) is 4.51. The Balaban J connectivity index is 1.11. The molecule has 52 heavy (non-hydrogen) atoms. The molecule has 2 unspecified atom stereocenters. The van der Waals surface area contributed by atoms with Gasteiger partial charge >= 0.3 is 11.9 Å². The second kappa shape index (κ2) is 13.5. The number of benzene rings is 3. The van der Waals surface area contributed by atoms with Gasteiger partial charge in [-0.2, -0.15) is 0 Å². The van der Waals surface area contributed by atoms with Gasteiger partial charge in [0.1, 0.15) is 5.69 Å². The number of rotatable bonds is 9. The van der Waals surface area contributed by atoms with Gasteiger partial charge in [0.15, 0.2) is 11.0 Å². The van der Waals surface area contributed by atoms with E-state index in [0.717, 1.165) is 37.7 Å². The molecule has 1 aromatic heterocycles. The Labute approximate surface area is 306 Å². The molecule has 10 nitrogen and oxygen atoms in total. The molecule has 2 atom stereocenters. The van der Waals surface area contributed by atoms with Crippen LogP contribution in [0.2, 0.25) is 5.02 Å². The maximum atomic E-state index is 14.0. The minimum absolute atomic E-state index is 0.0135. The van der Waals surface area contributed by atoms with Crippen LogP contribution in [0.25, 0.3) is 16.6 Å². The molecule has 8 rings (SSSR count). The number of halogens is 1. The highest BCUT2D eigenvalue weighted by molar-refractivity contribution is 6.31. The molecular weight excluding hydrogens is 682 g/mol. The van der Waals surface area contributed by atoms with Crippen molar-refractivity contribution in [3.63, 3.8) is 0 Å². The fourth-order valence-corrected chi connectivity index (χ4v) is 9.32. The van der Waals surface area contributed by atoms with Gasteiger partial charge < -0.3 is 24.7 Å². The van der Waals surface area contributed by atoms with Crippen LogP contribution in [0.5, 0.6) is 0 Å². The molecule has 0 aliphatic heterocycles. The zero-order chi connectivity index (χ0) is 36.9. The number of hydrogen-bond acceptors (Lipinski definition) is 7. The summed E-state index contributed by atoms with van der Waals surface area (Å²) in [5.74, 6) is -0.720. The normalized spacial score (nSPS) is 23.2. The van der Waals surface area contributed by atoms with Gasteiger partial charge in [-0.25, -0.2) is 4.79 Å². The third-order valence-corrected chi connectivity index (χ3v) is 11.3. The van der Waals surface area contributed by atoms with Crippen molar-refractivity contribution in [1.29, 1.82) is 0 Å². The first-order chi connectivity index (χ1) is 24.8. The highest BCUT2D eigenvalue weighted by atomic mass is 35.5. The van der Waals surface area contributed by atoms with Gasteiger partial charge in [-0.05, 0) is 112 Å². The van der Waals surface area contributed by atoms with Gasteiger partial charge in [0.25, 0.3) is 11.8 Å². The molecule has 270 valence electrons. The van der Waals surface area contributed by atoms with Crippen molar-refractivity contribution in [3.8, 4) is 5.69 Å². The van der Waals surface area contributed by atoms with Crippen LogP contribution in [0.15, 0.2) is 77.6 Å². The summed E-state index contributed by atoms with van der Waals surface area (Å²) in [6, 6.07) is 21.3. The van der Waals surface area contributed by atoms with Crippen molar-refractivity contribution < 1.29 is 28.7 Å². The summed E-state index contributed by atoms with van der Waals surface area (Å²) >= 11 is 6.36. The quantitative estimate of drug-likeness (QED) is 0.198. The number of pyridine rings is 1. The summed E-state index contributed by atoms with van der Waals surface area (Å²) in [4.78, 5) is 65.8. The zero-order valence-electron chi connectivity index (χ0n) is 29.7. The summed E-state index contributed by atoms with van der Waals surface area (Å²) in [7, 11) is 1.29. The van der Waals surface area contributed by atoms with Gasteiger partial charge in [0.05, 0.1) is 12.6 Å². The van der Waals surface area contributed by atoms with E-state index in [0.29, 0.717) is 33.1 Å². The first-order valence-electron chi connectivity index (χ1n) is 17.7. The van der Waals surface area contributed by atoms with E-state index in [-0.39, 0.29) is 58.3 Å². The molecule has 4 aliphatic carbocycles. The van der Waals surface area contributed by atoms with Crippen molar-refractivity contribution >= 4 is 46.3 Å². The summed E-state index contributed by atoms with van der Waals surface area (Å²) < 4.78 is 12.2. The molecule has 1 heterocycles. The number of hydrogen-bond donors (Lipinski definition) is 2. The third kappa shape index (κ3) is 6.60. The molecule has 0 saturated heterocycles. The molecular formula is C41H42ClN3O7. The van der Waals surface area contributed by atoms with E-state index in [1.165, 1.54) is 14.0 Å². The fourth-order valence-electron chi connectivity index (χ4n) is 9.15. The van der Waals surface area contributed by atoms with Crippen LogP contribution in [0.4, 0.5) is 0 Å². The first kappa shape index (κ1) is 35.4. The molecule has 4 saturated carbocycles. The van der Waals surface area contributed by atoms with Crippen molar-refractivity contribution in [3.05, 3.63) is 110 Å². The molecule has 4 bridgehead atoms. The Kier molecular flexibility index (Phi) is 9.23. The zero-order valence-corrected chi connectivity index (χ0v) is 30.4. The van der Waals surface area contributed by atoms with Crippen LogP contribution in [-0.2, 0) is 25.5 Å². The van der Waals surface area contributed by atoms with Crippen molar-refractivity contribution in [2.45, 2.75) is 76.5 Å². The number of carbonyl (C=O) groups excluding carboxylic acids is 4. The van der Waals surface area contributed by atoms with Gasteiger partial charge in [-0.3, -0.25) is 19.2 Å². The number of aromatic nitrogens is 1. The maximum absolute atomic E-state index is 14.0. The first-order valence-corrected chi connectivity index (χ1v) is 18.1. The molecule has 4 aliphatic rings. The number of esters is 2. The highest BCUT2D eigenvalue weighted by Crippen LogP contribution is 2.56. The van der Waals surface area contributed by atoms with Crippen LogP contribution in [0.3, 0.4) is 0 Å². The topological polar surface area (TPSA) is 133 Å². The van der Waals surface area contributed by atoms with Crippen molar-refractivity contribution in [2.75, 3.05) is 7.11 Å². The number of fused-ring (bicyclic) bond motifs is 1.